The summed E-state index contributed by atoms with van der Waals surface area (Å²) in [5.41, 5.74) is 6.56. The Labute approximate surface area is 81.6 Å². The van der Waals surface area contributed by atoms with Gasteiger partial charge in [-0.2, -0.15) is 0 Å². The van der Waals surface area contributed by atoms with Crippen molar-refractivity contribution in [1.82, 2.24) is 0 Å². The van der Waals surface area contributed by atoms with Gasteiger partial charge in [0, 0.05) is 4.90 Å². The fourth-order valence-electron chi connectivity index (χ4n) is 0.899. The summed E-state index contributed by atoms with van der Waals surface area (Å²) in [7, 11) is 0. The predicted molar refractivity (Wildman–Crippen MR) is 55.3 cm³/mol. The number of hydrogen-bond donors (Lipinski definition) is 2. The van der Waals surface area contributed by atoms with Crippen LogP contribution in [0.3, 0.4) is 0 Å². The Bertz CT molecular complexity index is 312. The summed E-state index contributed by atoms with van der Waals surface area (Å²) in [6.07, 6.45) is 0. The highest BCUT2D eigenvalue weighted by Gasteiger charge is 1.99. The third-order valence-corrected chi connectivity index (χ3v) is 2.81. The average molecular weight is 196 g/mol. The van der Waals surface area contributed by atoms with Gasteiger partial charge in [-0.25, -0.2) is 0 Å². The van der Waals surface area contributed by atoms with Crippen molar-refractivity contribution < 1.29 is 5.21 Å². The summed E-state index contributed by atoms with van der Waals surface area (Å²) in [6, 6.07) is 8.02. The molecule has 0 amide bonds. The van der Waals surface area contributed by atoms with Gasteiger partial charge in [0.25, 0.3) is 0 Å². The van der Waals surface area contributed by atoms with Crippen LogP contribution in [0.25, 0.3) is 0 Å². The highest BCUT2D eigenvalue weighted by atomic mass is 32.2. The maximum Gasteiger partial charge on any atom is 0.149 e. The zero-order valence-electron chi connectivity index (χ0n) is 7.40. The molecule has 70 valence electrons. The Morgan fingerprint density at radius 3 is 2.85 bits per heavy atom. The standard InChI is InChI=1S/C9H12N2OS/c1-7-4-2-3-5-8(7)13-6-9(10)11-12/h2-5,12H,6H2,1H3,(H2,10,11). The lowest BCUT2D eigenvalue weighted by molar-refractivity contribution is 0.318. The van der Waals surface area contributed by atoms with E-state index in [0.717, 1.165) is 4.90 Å². The second kappa shape index (κ2) is 4.77. The first-order valence-corrected chi connectivity index (χ1v) is 4.87. The van der Waals surface area contributed by atoms with E-state index in [0.29, 0.717) is 5.75 Å². The van der Waals surface area contributed by atoms with Crippen LogP contribution in [0.4, 0.5) is 0 Å². The number of nitrogens with zero attached hydrogens (tertiary/aromatic N) is 1. The number of amidine groups is 1. The van der Waals surface area contributed by atoms with Crippen LogP contribution in [0.15, 0.2) is 34.3 Å². The molecular formula is C9H12N2OS. The average Bonchev–Trinajstić information content (AvgIpc) is 2.16. The summed E-state index contributed by atoms with van der Waals surface area (Å²) in [4.78, 5) is 1.16. The Balaban J connectivity index is 2.60. The zero-order valence-corrected chi connectivity index (χ0v) is 8.21. The van der Waals surface area contributed by atoms with Crippen LogP contribution < -0.4 is 5.73 Å². The Hall–Kier alpha value is -1.16. The number of thioether (sulfide) groups is 1. The van der Waals surface area contributed by atoms with Crippen molar-refractivity contribution in [3.8, 4) is 0 Å². The molecule has 13 heavy (non-hydrogen) atoms. The second-order valence-corrected chi connectivity index (χ2v) is 3.66. The Morgan fingerprint density at radius 1 is 1.54 bits per heavy atom. The van der Waals surface area contributed by atoms with Crippen molar-refractivity contribution >= 4 is 17.6 Å². The van der Waals surface area contributed by atoms with Gasteiger partial charge in [-0.05, 0) is 18.6 Å². The normalized spacial score (nSPS) is 11.6. The first-order chi connectivity index (χ1) is 6.24. The second-order valence-electron chi connectivity index (χ2n) is 2.65. The maximum atomic E-state index is 8.33. The van der Waals surface area contributed by atoms with E-state index >= 15 is 0 Å². The van der Waals surface area contributed by atoms with Gasteiger partial charge in [-0.3, -0.25) is 0 Å². The molecule has 3 N–H and O–H groups in total. The van der Waals surface area contributed by atoms with Gasteiger partial charge < -0.3 is 10.9 Å². The molecule has 0 unspecified atom stereocenters. The van der Waals surface area contributed by atoms with E-state index in [1.54, 1.807) is 11.8 Å². The van der Waals surface area contributed by atoms with Crippen molar-refractivity contribution in [3.63, 3.8) is 0 Å². The van der Waals surface area contributed by atoms with Gasteiger partial charge in [0.15, 0.2) is 0 Å². The van der Waals surface area contributed by atoms with E-state index in [2.05, 4.69) is 5.16 Å². The molecule has 0 radical (unpaired) electrons. The molecular weight excluding hydrogens is 184 g/mol. The topological polar surface area (TPSA) is 58.6 Å². The van der Waals surface area contributed by atoms with Crippen molar-refractivity contribution in [2.24, 2.45) is 10.9 Å². The Morgan fingerprint density at radius 2 is 2.23 bits per heavy atom. The molecule has 0 heterocycles. The molecule has 0 saturated heterocycles. The highest BCUT2D eigenvalue weighted by Crippen LogP contribution is 2.21. The fraction of sp³-hybridized carbons (Fsp3) is 0.222. The molecule has 0 aromatic heterocycles. The number of rotatable bonds is 3. The monoisotopic (exact) mass is 196 g/mol. The fourth-order valence-corrected chi connectivity index (χ4v) is 1.73. The van der Waals surface area contributed by atoms with Gasteiger partial charge >= 0.3 is 0 Å². The molecule has 0 saturated carbocycles. The minimum absolute atomic E-state index is 0.244. The van der Waals surface area contributed by atoms with Gasteiger partial charge in [-0.15, -0.1) is 11.8 Å². The molecule has 1 rings (SSSR count). The molecule has 0 bridgehead atoms. The van der Waals surface area contributed by atoms with E-state index in [-0.39, 0.29) is 5.84 Å². The van der Waals surface area contributed by atoms with Crippen LogP contribution in [-0.2, 0) is 0 Å². The molecule has 1 aromatic rings. The number of nitrogens with two attached hydrogens (primary N) is 1. The van der Waals surface area contributed by atoms with Crippen molar-refractivity contribution in [3.05, 3.63) is 29.8 Å². The molecule has 0 aliphatic rings. The first-order valence-electron chi connectivity index (χ1n) is 3.89. The molecule has 0 aliphatic carbocycles. The van der Waals surface area contributed by atoms with Gasteiger partial charge in [0.1, 0.15) is 5.84 Å². The van der Waals surface area contributed by atoms with E-state index in [1.165, 1.54) is 5.56 Å². The smallest absolute Gasteiger partial charge is 0.149 e. The lowest BCUT2D eigenvalue weighted by atomic mass is 10.2. The molecule has 4 heteroatoms. The van der Waals surface area contributed by atoms with Crippen LogP contribution in [0, 0.1) is 6.92 Å². The van der Waals surface area contributed by atoms with E-state index in [4.69, 9.17) is 10.9 Å². The molecule has 1 aromatic carbocycles. The summed E-state index contributed by atoms with van der Waals surface area (Å²) < 4.78 is 0. The van der Waals surface area contributed by atoms with E-state index in [1.807, 2.05) is 31.2 Å². The molecule has 0 aliphatic heterocycles. The Kier molecular flexibility index (Phi) is 3.64. The summed E-state index contributed by atoms with van der Waals surface area (Å²) >= 11 is 1.56. The summed E-state index contributed by atoms with van der Waals surface area (Å²) in [6.45, 7) is 2.04. The van der Waals surface area contributed by atoms with Crippen molar-refractivity contribution in [2.75, 3.05) is 5.75 Å². The van der Waals surface area contributed by atoms with Gasteiger partial charge in [-0.1, -0.05) is 23.4 Å². The number of aryl methyl sites for hydroxylation is 1. The third-order valence-electron chi connectivity index (χ3n) is 1.60. The summed E-state index contributed by atoms with van der Waals surface area (Å²) in [5, 5.41) is 11.2. The van der Waals surface area contributed by atoms with Crippen LogP contribution >= 0.6 is 11.8 Å². The van der Waals surface area contributed by atoms with Crippen LogP contribution in [0.5, 0.6) is 0 Å². The number of oxime groups is 1. The minimum Gasteiger partial charge on any atom is -0.409 e. The number of benzene rings is 1. The maximum absolute atomic E-state index is 8.33. The van der Waals surface area contributed by atoms with Gasteiger partial charge in [0.05, 0.1) is 5.75 Å². The van der Waals surface area contributed by atoms with E-state index < -0.39 is 0 Å². The quantitative estimate of drug-likeness (QED) is 0.255. The highest BCUT2D eigenvalue weighted by molar-refractivity contribution is 8.00. The number of hydrogen-bond acceptors (Lipinski definition) is 3. The van der Waals surface area contributed by atoms with Crippen molar-refractivity contribution in [1.29, 1.82) is 0 Å². The minimum atomic E-state index is 0.244. The van der Waals surface area contributed by atoms with Gasteiger partial charge in [0.2, 0.25) is 0 Å². The van der Waals surface area contributed by atoms with E-state index in [9.17, 15) is 0 Å². The predicted octanol–water partition coefficient (Wildman–Crippen LogP) is 1.83. The first kappa shape index (κ1) is 9.92. The molecule has 3 nitrogen and oxygen atoms in total. The van der Waals surface area contributed by atoms with Crippen LogP contribution in [0.1, 0.15) is 5.56 Å². The molecule has 0 fully saturated rings. The SMILES string of the molecule is Cc1ccccc1SCC(N)=NO. The molecule has 0 atom stereocenters. The molecule has 0 spiro atoms. The van der Waals surface area contributed by atoms with Crippen LogP contribution in [-0.4, -0.2) is 16.8 Å². The third kappa shape index (κ3) is 2.99. The lowest BCUT2D eigenvalue weighted by Crippen LogP contribution is -2.14. The van der Waals surface area contributed by atoms with Crippen LogP contribution in [0.2, 0.25) is 0 Å². The zero-order chi connectivity index (χ0) is 9.68. The lowest BCUT2D eigenvalue weighted by Gasteiger charge is -2.03. The largest absolute Gasteiger partial charge is 0.409 e. The summed E-state index contributed by atoms with van der Waals surface area (Å²) in [5.74, 6) is 0.759. The van der Waals surface area contributed by atoms with Crippen molar-refractivity contribution in [2.45, 2.75) is 11.8 Å².